The van der Waals surface area contributed by atoms with Crippen molar-refractivity contribution in [2.45, 2.75) is 46.7 Å². The minimum atomic E-state index is 0. The molecule has 1 unspecified atom stereocenters. The lowest BCUT2D eigenvalue weighted by molar-refractivity contribution is 0.0132. The van der Waals surface area contributed by atoms with Crippen LogP contribution in [0.15, 0.2) is 4.99 Å². The van der Waals surface area contributed by atoms with Crippen LogP contribution in [0, 0.1) is 19.8 Å². The van der Waals surface area contributed by atoms with Crippen molar-refractivity contribution < 1.29 is 4.74 Å². The molecule has 1 fully saturated rings. The van der Waals surface area contributed by atoms with Crippen molar-refractivity contribution in [2.24, 2.45) is 18.0 Å². The molecule has 1 aliphatic rings. The largest absolute Gasteiger partial charge is 0.379 e. The summed E-state index contributed by atoms with van der Waals surface area (Å²) in [4.78, 5) is 6.93. The average molecular weight is 492 g/mol. The highest BCUT2D eigenvalue weighted by Gasteiger charge is 2.22. The van der Waals surface area contributed by atoms with Gasteiger partial charge in [0.05, 0.1) is 18.9 Å². The second-order valence-electron chi connectivity index (χ2n) is 7.51. The summed E-state index contributed by atoms with van der Waals surface area (Å²) in [6.45, 7) is 14.0. The van der Waals surface area contributed by atoms with Crippen LogP contribution in [0.25, 0.3) is 0 Å². The van der Waals surface area contributed by atoms with Crippen LogP contribution in [-0.2, 0) is 18.3 Å². The summed E-state index contributed by atoms with van der Waals surface area (Å²) >= 11 is 0. The summed E-state index contributed by atoms with van der Waals surface area (Å²) in [5.41, 5.74) is 3.50. The van der Waals surface area contributed by atoms with Gasteiger partial charge in [-0.25, -0.2) is 0 Å². The van der Waals surface area contributed by atoms with Gasteiger partial charge in [0.25, 0.3) is 0 Å². The Morgan fingerprint density at radius 1 is 1.22 bits per heavy atom. The smallest absolute Gasteiger partial charge is 0.191 e. The number of rotatable bonds is 7. The van der Waals surface area contributed by atoms with Crippen LogP contribution in [0.1, 0.15) is 37.2 Å². The number of aryl methyl sites for hydroxylation is 2. The number of hydrogen-bond acceptors (Lipinski definition) is 4. The molecule has 27 heavy (non-hydrogen) atoms. The molecule has 1 aliphatic heterocycles. The second kappa shape index (κ2) is 11.9. The number of guanidine groups is 1. The molecule has 2 rings (SSSR count). The van der Waals surface area contributed by atoms with E-state index in [0.29, 0.717) is 12.0 Å². The zero-order chi connectivity index (χ0) is 19.1. The molecule has 1 atom stereocenters. The molecule has 2 N–H and O–H groups in total. The molecule has 1 saturated heterocycles. The Morgan fingerprint density at radius 2 is 1.89 bits per heavy atom. The third-order valence-electron chi connectivity index (χ3n) is 5.13. The summed E-state index contributed by atoms with van der Waals surface area (Å²) in [7, 11) is 3.81. The fraction of sp³-hybridized carbons (Fsp3) is 0.789. The standard InChI is InChI=1S/C19H36N6O.HI/c1-14(2)11-17(25-7-9-26-10-8-25)12-21-19(20-5)22-13-18-15(3)23-24(6)16(18)4;/h14,17H,7-13H2,1-6H3,(H2,20,21,22);1H. The molecule has 2 heterocycles. The fourth-order valence-corrected chi connectivity index (χ4v) is 3.53. The highest BCUT2D eigenvalue weighted by atomic mass is 127. The van der Waals surface area contributed by atoms with Crippen molar-refractivity contribution >= 4 is 29.9 Å². The number of nitrogens with zero attached hydrogens (tertiary/aromatic N) is 4. The van der Waals surface area contributed by atoms with E-state index < -0.39 is 0 Å². The van der Waals surface area contributed by atoms with Crippen LogP contribution in [0.3, 0.4) is 0 Å². The molecule has 0 aromatic carbocycles. The molecule has 1 aromatic heterocycles. The van der Waals surface area contributed by atoms with Gasteiger partial charge in [-0.05, 0) is 26.2 Å². The van der Waals surface area contributed by atoms with Gasteiger partial charge in [0.1, 0.15) is 0 Å². The topological polar surface area (TPSA) is 66.7 Å². The number of hydrogen-bond donors (Lipinski definition) is 2. The molecule has 0 amide bonds. The monoisotopic (exact) mass is 492 g/mol. The van der Waals surface area contributed by atoms with Crippen molar-refractivity contribution in [3.8, 4) is 0 Å². The van der Waals surface area contributed by atoms with Crippen molar-refractivity contribution in [2.75, 3.05) is 39.9 Å². The molecule has 0 spiro atoms. The summed E-state index contributed by atoms with van der Waals surface area (Å²) in [6, 6.07) is 0.499. The van der Waals surface area contributed by atoms with Crippen molar-refractivity contribution in [3.63, 3.8) is 0 Å². The van der Waals surface area contributed by atoms with E-state index in [9.17, 15) is 0 Å². The Balaban J connectivity index is 0.00000364. The molecule has 0 radical (unpaired) electrons. The summed E-state index contributed by atoms with van der Waals surface area (Å²) in [5, 5.41) is 11.4. The minimum Gasteiger partial charge on any atom is -0.379 e. The van der Waals surface area contributed by atoms with Crippen LogP contribution in [-0.4, -0.2) is 66.6 Å². The van der Waals surface area contributed by atoms with E-state index in [4.69, 9.17) is 4.74 Å². The first-order chi connectivity index (χ1) is 12.4. The van der Waals surface area contributed by atoms with Crippen LogP contribution >= 0.6 is 24.0 Å². The van der Waals surface area contributed by atoms with E-state index in [1.807, 2.05) is 18.8 Å². The zero-order valence-corrected chi connectivity index (χ0v) is 20.0. The quantitative estimate of drug-likeness (QED) is 0.347. The molecule has 1 aromatic rings. The fourth-order valence-electron chi connectivity index (χ4n) is 3.53. The predicted octanol–water partition coefficient (Wildman–Crippen LogP) is 2.07. The molecule has 0 bridgehead atoms. The lowest BCUT2D eigenvalue weighted by Crippen LogP contribution is -2.51. The Labute approximate surface area is 181 Å². The zero-order valence-electron chi connectivity index (χ0n) is 17.7. The lowest BCUT2D eigenvalue weighted by atomic mass is 10.0. The van der Waals surface area contributed by atoms with Gasteiger partial charge < -0.3 is 15.4 Å². The summed E-state index contributed by atoms with van der Waals surface area (Å²) in [5.74, 6) is 1.51. The first kappa shape index (κ1) is 24.2. The molecule has 7 nitrogen and oxygen atoms in total. The first-order valence-electron chi connectivity index (χ1n) is 9.67. The van der Waals surface area contributed by atoms with Gasteiger partial charge in [0.15, 0.2) is 5.96 Å². The Morgan fingerprint density at radius 3 is 2.41 bits per heavy atom. The number of nitrogens with one attached hydrogen (secondary N) is 2. The maximum atomic E-state index is 5.51. The molecule has 0 aliphatic carbocycles. The Bertz CT molecular complexity index is 595. The number of aromatic nitrogens is 2. The van der Waals surface area contributed by atoms with Crippen LogP contribution in [0.4, 0.5) is 0 Å². The molecular formula is C19H37IN6O. The van der Waals surface area contributed by atoms with Crippen molar-refractivity contribution in [1.82, 2.24) is 25.3 Å². The van der Waals surface area contributed by atoms with Crippen LogP contribution in [0.2, 0.25) is 0 Å². The van der Waals surface area contributed by atoms with Crippen LogP contribution in [0.5, 0.6) is 0 Å². The van der Waals surface area contributed by atoms with E-state index >= 15 is 0 Å². The third kappa shape index (κ3) is 7.23. The van der Waals surface area contributed by atoms with Gasteiger partial charge in [-0.3, -0.25) is 14.6 Å². The van der Waals surface area contributed by atoms with E-state index in [2.05, 4.69) is 53.3 Å². The predicted molar refractivity (Wildman–Crippen MR) is 122 cm³/mol. The maximum absolute atomic E-state index is 5.51. The van der Waals surface area contributed by atoms with Crippen molar-refractivity contribution in [3.05, 3.63) is 17.0 Å². The van der Waals surface area contributed by atoms with Gasteiger partial charge in [0.2, 0.25) is 0 Å². The Kier molecular flexibility index (Phi) is 10.6. The normalized spacial score (nSPS) is 16.9. The van der Waals surface area contributed by atoms with Gasteiger partial charge in [-0.2, -0.15) is 5.10 Å². The first-order valence-corrected chi connectivity index (χ1v) is 9.67. The highest BCUT2D eigenvalue weighted by molar-refractivity contribution is 14.0. The highest BCUT2D eigenvalue weighted by Crippen LogP contribution is 2.13. The molecule has 156 valence electrons. The van der Waals surface area contributed by atoms with E-state index in [1.165, 1.54) is 17.7 Å². The van der Waals surface area contributed by atoms with Crippen LogP contribution < -0.4 is 10.6 Å². The molecular weight excluding hydrogens is 455 g/mol. The minimum absolute atomic E-state index is 0. The van der Waals surface area contributed by atoms with Gasteiger partial charge >= 0.3 is 0 Å². The van der Waals surface area contributed by atoms with E-state index in [0.717, 1.165) is 51.0 Å². The molecule has 0 saturated carbocycles. The summed E-state index contributed by atoms with van der Waals surface area (Å²) in [6.07, 6.45) is 1.17. The van der Waals surface area contributed by atoms with Crippen molar-refractivity contribution in [1.29, 1.82) is 0 Å². The number of halogens is 1. The third-order valence-corrected chi connectivity index (χ3v) is 5.13. The molecule has 8 heteroatoms. The maximum Gasteiger partial charge on any atom is 0.191 e. The second-order valence-corrected chi connectivity index (χ2v) is 7.51. The van der Waals surface area contributed by atoms with Gasteiger partial charge in [0, 0.05) is 57.6 Å². The Hall–Kier alpha value is -0.870. The average Bonchev–Trinajstić information content (AvgIpc) is 2.86. The van der Waals surface area contributed by atoms with Gasteiger partial charge in [-0.1, -0.05) is 13.8 Å². The lowest BCUT2D eigenvalue weighted by Gasteiger charge is -2.35. The number of aliphatic imine (C=N–C) groups is 1. The van der Waals surface area contributed by atoms with Gasteiger partial charge in [-0.15, -0.1) is 24.0 Å². The van der Waals surface area contributed by atoms with E-state index in [1.54, 1.807) is 0 Å². The van der Waals surface area contributed by atoms with E-state index in [-0.39, 0.29) is 24.0 Å². The summed E-state index contributed by atoms with van der Waals surface area (Å²) < 4.78 is 7.44. The SMILES string of the molecule is CN=C(NCc1c(C)nn(C)c1C)NCC(CC(C)C)N1CCOCC1.I. The number of morpholine rings is 1. The number of ether oxygens (including phenoxy) is 1.